The van der Waals surface area contributed by atoms with Gasteiger partial charge in [-0.3, -0.25) is 0 Å². The predicted octanol–water partition coefficient (Wildman–Crippen LogP) is 3.57. The summed E-state index contributed by atoms with van der Waals surface area (Å²) in [5, 5.41) is 0. The van der Waals surface area contributed by atoms with E-state index in [9.17, 15) is 0 Å². The third-order valence-corrected chi connectivity index (χ3v) is 3.75. The molecular formula is C11H19. The van der Waals surface area contributed by atoms with Gasteiger partial charge in [-0.2, -0.15) is 0 Å². The van der Waals surface area contributed by atoms with E-state index < -0.39 is 0 Å². The summed E-state index contributed by atoms with van der Waals surface area (Å²) >= 11 is 0. The van der Waals surface area contributed by atoms with E-state index >= 15 is 0 Å². The van der Waals surface area contributed by atoms with Crippen LogP contribution in [0.3, 0.4) is 0 Å². The Morgan fingerprint density at radius 3 is 1.64 bits per heavy atom. The molecule has 0 nitrogen and oxygen atoms in total. The van der Waals surface area contributed by atoms with Crippen LogP contribution in [0.15, 0.2) is 0 Å². The van der Waals surface area contributed by atoms with Gasteiger partial charge in [-0.1, -0.05) is 26.2 Å². The van der Waals surface area contributed by atoms with E-state index in [1.165, 1.54) is 44.9 Å². The van der Waals surface area contributed by atoms with E-state index in [4.69, 9.17) is 0 Å². The highest BCUT2D eigenvalue weighted by Crippen LogP contribution is 2.43. The van der Waals surface area contributed by atoms with Crippen molar-refractivity contribution in [1.82, 2.24) is 0 Å². The fourth-order valence-corrected chi connectivity index (χ4v) is 2.58. The third-order valence-electron chi connectivity index (χ3n) is 3.75. The van der Waals surface area contributed by atoms with E-state index in [1.54, 1.807) is 0 Å². The molecule has 1 radical (unpaired) electrons. The molecule has 11 heavy (non-hydrogen) atoms. The summed E-state index contributed by atoms with van der Waals surface area (Å²) in [4.78, 5) is 0. The summed E-state index contributed by atoms with van der Waals surface area (Å²) in [5.74, 6) is 3.92. The maximum Gasteiger partial charge on any atom is -0.0210 e. The minimum absolute atomic E-state index is 1.03. The number of hydrogen-bond acceptors (Lipinski definition) is 0. The average molecular weight is 151 g/mol. The Balaban J connectivity index is 1.82. The summed E-state index contributed by atoms with van der Waals surface area (Å²) in [7, 11) is 0. The zero-order chi connectivity index (χ0) is 7.68. The molecular weight excluding hydrogens is 132 g/mol. The Morgan fingerprint density at radius 1 is 0.818 bits per heavy atom. The highest BCUT2D eigenvalue weighted by Gasteiger charge is 2.31. The first-order chi connectivity index (χ1) is 5.38. The molecule has 0 atom stereocenters. The van der Waals surface area contributed by atoms with Crippen molar-refractivity contribution in [2.24, 2.45) is 11.8 Å². The van der Waals surface area contributed by atoms with Crippen molar-refractivity contribution in [2.45, 2.75) is 51.9 Å². The van der Waals surface area contributed by atoms with Crippen LogP contribution in [-0.2, 0) is 0 Å². The van der Waals surface area contributed by atoms with Gasteiger partial charge in [0.15, 0.2) is 0 Å². The smallest absolute Gasteiger partial charge is 0.0210 e. The highest BCUT2D eigenvalue weighted by atomic mass is 14.4. The minimum atomic E-state index is 1.03. The van der Waals surface area contributed by atoms with Crippen LogP contribution >= 0.6 is 0 Å². The number of rotatable bonds is 2. The first kappa shape index (κ1) is 7.64. The molecule has 0 aliphatic heterocycles. The van der Waals surface area contributed by atoms with Crippen molar-refractivity contribution in [3.8, 4) is 0 Å². The topological polar surface area (TPSA) is 0 Å². The quantitative estimate of drug-likeness (QED) is 0.566. The van der Waals surface area contributed by atoms with E-state index in [-0.39, 0.29) is 0 Å². The van der Waals surface area contributed by atoms with Gasteiger partial charge >= 0.3 is 0 Å². The molecule has 2 rings (SSSR count). The molecule has 0 heteroatoms. The van der Waals surface area contributed by atoms with Gasteiger partial charge < -0.3 is 0 Å². The lowest BCUT2D eigenvalue weighted by molar-refractivity contribution is 0.287. The van der Waals surface area contributed by atoms with E-state index in [0.29, 0.717) is 0 Å². The second-order valence-corrected chi connectivity index (χ2v) is 4.35. The van der Waals surface area contributed by atoms with Crippen molar-refractivity contribution in [2.75, 3.05) is 0 Å². The molecule has 0 aromatic heterocycles. The van der Waals surface area contributed by atoms with Crippen molar-refractivity contribution in [1.29, 1.82) is 0 Å². The van der Waals surface area contributed by atoms with Crippen LogP contribution < -0.4 is 0 Å². The van der Waals surface area contributed by atoms with Crippen LogP contribution in [0.25, 0.3) is 0 Å². The van der Waals surface area contributed by atoms with Crippen LogP contribution in [-0.4, -0.2) is 0 Å². The third kappa shape index (κ3) is 1.45. The van der Waals surface area contributed by atoms with Crippen molar-refractivity contribution < 1.29 is 0 Å². The lowest BCUT2D eigenvalue weighted by atomic mass is 9.71. The fourth-order valence-electron chi connectivity index (χ4n) is 2.58. The maximum atomic E-state index is 2.42. The molecule has 0 saturated heterocycles. The van der Waals surface area contributed by atoms with Crippen molar-refractivity contribution in [3.63, 3.8) is 0 Å². The van der Waals surface area contributed by atoms with Gasteiger partial charge in [0.25, 0.3) is 0 Å². The molecule has 0 spiro atoms. The Hall–Kier alpha value is 0. The predicted molar refractivity (Wildman–Crippen MR) is 48.2 cm³/mol. The van der Waals surface area contributed by atoms with Crippen molar-refractivity contribution in [3.05, 3.63) is 5.92 Å². The highest BCUT2D eigenvalue weighted by molar-refractivity contribution is 5.02. The lowest BCUT2D eigenvalue weighted by Gasteiger charge is -2.34. The largest absolute Gasteiger partial charge is 0.0586 e. The van der Waals surface area contributed by atoms with Crippen molar-refractivity contribution >= 4 is 0 Å². The SMILES string of the molecule is C[C](C1CCCC1)C1CCC1. The standard InChI is InChI=1S/C11H19/c1-9(11-7-4-8-11)10-5-2-3-6-10/h10-11H,2-8H2,1H3. The van der Waals surface area contributed by atoms with Crippen LogP contribution in [0.2, 0.25) is 0 Å². The first-order valence-corrected chi connectivity index (χ1v) is 5.21. The lowest BCUT2D eigenvalue weighted by Crippen LogP contribution is -2.22. The van der Waals surface area contributed by atoms with Gasteiger partial charge in [0, 0.05) is 0 Å². The van der Waals surface area contributed by atoms with E-state index in [1.807, 2.05) is 5.92 Å². The molecule has 2 aliphatic rings. The van der Waals surface area contributed by atoms with Crippen LogP contribution in [0.4, 0.5) is 0 Å². The van der Waals surface area contributed by atoms with Gasteiger partial charge in [0.2, 0.25) is 0 Å². The fraction of sp³-hybridized carbons (Fsp3) is 0.909. The maximum absolute atomic E-state index is 2.42. The van der Waals surface area contributed by atoms with Gasteiger partial charge in [-0.05, 0) is 43.4 Å². The summed E-state index contributed by atoms with van der Waals surface area (Å²) in [5.41, 5.74) is 0. The van der Waals surface area contributed by atoms with Crippen LogP contribution in [0.5, 0.6) is 0 Å². The molecule has 2 saturated carbocycles. The average Bonchev–Trinajstić information content (AvgIpc) is 2.32. The summed E-state index contributed by atoms with van der Waals surface area (Å²) in [6, 6.07) is 0. The van der Waals surface area contributed by atoms with Crippen LogP contribution in [0.1, 0.15) is 51.9 Å². The molecule has 0 bridgehead atoms. The molecule has 2 fully saturated rings. The van der Waals surface area contributed by atoms with Gasteiger partial charge in [-0.25, -0.2) is 0 Å². The van der Waals surface area contributed by atoms with Gasteiger partial charge in [0.05, 0.1) is 0 Å². The molecule has 0 N–H and O–H groups in total. The normalized spacial score (nSPS) is 27.8. The Labute approximate surface area is 70.4 Å². The molecule has 2 aliphatic carbocycles. The summed E-state index contributed by atoms with van der Waals surface area (Å²) < 4.78 is 0. The van der Waals surface area contributed by atoms with Gasteiger partial charge in [-0.15, -0.1) is 0 Å². The monoisotopic (exact) mass is 151 g/mol. The molecule has 0 heterocycles. The molecule has 0 aromatic carbocycles. The molecule has 0 aromatic rings. The molecule has 0 unspecified atom stereocenters. The zero-order valence-electron chi connectivity index (χ0n) is 7.60. The minimum Gasteiger partial charge on any atom is -0.0586 e. The second kappa shape index (κ2) is 3.16. The Bertz CT molecular complexity index is 118. The summed E-state index contributed by atoms with van der Waals surface area (Å²) in [6.45, 7) is 2.42. The summed E-state index contributed by atoms with van der Waals surface area (Å²) in [6.07, 6.45) is 10.5. The number of hydrogen-bond donors (Lipinski definition) is 0. The molecule has 63 valence electrons. The Morgan fingerprint density at radius 2 is 1.27 bits per heavy atom. The van der Waals surface area contributed by atoms with E-state index in [2.05, 4.69) is 6.92 Å². The molecule has 0 amide bonds. The van der Waals surface area contributed by atoms with E-state index in [0.717, 1.165) is 11.8 Å². The zero-order valence-corrected chi connectivity index (χ0v) is 7.60. The van der Waals surface area contributed by atoms with Crippen LogP contribution in [0, 0.1) is 17.8 Å². The van der Waals surface area contributed by atoms with Gasteiger partial charge in [0.1, 0.15) is 0 Å². The second-order valence-electron chi connectivity index (χ2n) is 4.35. The first-order valence-electron chi connectivity index (χ1n) is 5.21. The Kier molecular flexibility index (Phi) is 2.20.